The second kappa shape index (κ2) is 5.86. The van der Waals surface area contributed by atoms with Gasteiger partial charge in [0.25, 0.3) is 0 Å². The van der Waals surface area contributed by atoms with Crippen molar-refractivity contribution < 1.29 is 0 Å². The fourth-order valence-corrected chi connectivity index (χ4v) is 2.22. The molecule has 1 nitrogen and oxygen atoms in total. The largest absolute Gasteiger partial charge is 0.316 e. The maximum absolute atomic E-state index is 3.79. The number of likely N-dealkylation sites (N-methyl/N-ethyl adjacent to an activating group) is 1. The van der Waals surface area contributed by atoms with Crippen molar-refractivity contribution in [3.63, 3.8) is 0 Å². The van der Waals surface area contributed by atoms with Crippen molar-refractivity contribution >= 4 is 0 Å². The number of rotatable bonds is 6. The van der Waals surface area contributed by atoms with Crippen LogP contribution in [0.4, 0.5) is 0 Å². The smallest absolute Gasteiger partial charge is 0.0159 e. The molecule has 0 aromatic heterocycles. The maximum atomic E-state index is 3.79. The van der Waals surface area contributed by atoms with Crippen molar-refractivity contribution in [1.29, 1.82) is 0 Å². The number of hydrogen-bond donors (Lipinski definition) is 1. The molecule has 0 fully saturated rings. The van der Waals surface area contributed by atoms with Crippen LogP contribution in [0.15, 0.2) is 43.0 Å². The molecule has 1 aromatic rings. The van der Waals surface area contributed by atoms with Gasteiger partial charge in [-0.05, 0) is 25.5 Å². The molecule has 1 unspecified atom stereocenters. The SMILES string of the molecule is C=CCCC(NC)C(C)(C)c1ccccc1. The van der Waals surface area contributed by atoms with E-state index in [1.165, 1.54) is 5.56 Å². The highest BCUT2D eigenvalue weighted by Gasteiger charge is 2.29. The molecule has 88 valence electrons. The number of hydrogen-bond acceptors (Lipinski definition) is 1. The van der Waals surface area contributed by atoms with E-state index in [0.29, 0.717) is 6.04 Å². The summed E-state index contributed by atoms with van der Waals surface area (Å²) < 4.78 is 0. The molecule has 0 aliphatic rings. The first-order chi connectivity index (χ1) is 7.62. The molecule has 0 bridgehead atoms. The summed E-state index contributed by atoms with van der Waals surface area (Å²) in [4.78, 5) is 0. The first-order valence-electron chi connectivity index (χ1n) is 5.96. The van der Waals surface area contributed by atoms with Crippen molar-refractivity contribution in [3.05, 3.63) is 48.6 Å². The van der Waals surface area contributed by atoms with E-state index in [1.54, 1.807) is 0 Å². The van der Waals surface area contributed by atoms with Crippen molar-refractivity contribution in [2.45, 2.75) is 38.1 Å². The van der Waals surface area contributed by atoms with Gasteiger partial charge in [-0.2, -0.15) is 0 Å². The Morgan fingerprint density at radius 3 is 2.44 bits per heavy atom. The summed E-state index contributed by atoms with van der Waals surface area (Å²) in [6.45, 7) is 8.39. The second-order valence-electron chi connectivity index (χ2n) is 4.79. The number of benzene rings is 1. The van der Waals surface area contributed by atoms with E-state index in [1.807, 2.05) is 13.1 Å². The summed E-state index contributed by atoms with van der Waals surface area (Å²) in [6.07, 6.45) is 4.18. The second-order valence-corrected chi connectivity index (χ2v) is 4.79. The Labute approximate surface area is 99.6 Å². The van der Waals surface area contributed by atoms with Crippen LogP contribution < -0.4 is 5.32 Å². The summed E-state index contributed by atoms with van der Waals surface area (Å²) in [5.74, 6) is 0. The predicted octanol–water partition coefficient (Wildman–Crippen LogP) is 3.52. The van der Waals surface area contributed by atoms with E-state index in [-0.39, 0.29) is 5.41 Å². The molecule has 1 N–H and O–H groups in total. The molecular formula is C15H23N. The number of nitrogens with one attached hydrogen (secondary N) is 1. The molecular weight excluding hydrogens is 194 g/mol. The fourth-order valence-electron chi connectivity index (χ4n) is 2.22. The molecule has 0 heterocycles. The van der Waals surface area contributed by atoms with Gasteiger partial charge in [-0.3, -0.25) is 0 Å². The normalized spacial score (nSPS) is 13.4. The quantitative estimate of drug-likeness (QED) is 0.719. The van der Waals surface area contributed by atoms with Crippen molar-refractivity contribution in [2.75, 3.05) is 7.05 Å². The van der Waals surface area contributed by atoms with E-state index in [9.17, 15) is 0 Å². The zero-order valence-electron chi connectivity index (χ0n) is 10.7. The number of allylic oxidation sites excluding steroid dienone is 1. The highest BCUT2D eigenvalue weighted by molar-refractivity contribution is 5.25. The Balaban J connectivity index is 2.85. The summed E-state index contributed by atoms with van der Waals surface area (Å²) in [5.41, 5.74) is 1.54. The molecule has 1 atom stereocenters. The molecule has 1 aromatic carbocycles. The van der Waals surface area contributed by atoms with Gasteiger partial charge in [0.05, 0.1) is 0 Å². The van der Waals surface area contributed by atoms with Gasteiger partial charge in [0.2, 0.25) is 0 Å². The summed E-state index contributed by atoms with van der Waals surface area (Å²) >= 11 is 0. The lowest BCUT2D eigenvalue weighted by Gasteiger charge is -2.34. The van der Waals surface area contributed by atoms with Gasteiger partial charge in [-0.1, -0.05) is 50.3 Å². The third-order valence-electron chi connectivity index (χ3n) is 3.40. The molecule has 0 aliphatic heterocycles. The molecule has 1 heteroatoms. The van der Waals surface area contributed by atoms with E-state index < -0.39 is 0 Å². The van der Waals surface area contributed by atoms with E-state index in [2.05, 4.69) is 56.1 Å². The van der Waals surface area contributed by atoms with E-state index in [0.717, 1.165) is 12.8 Å². The Kier molecular flexibility index (Phi) is 4.75. The van der Waals surface area contributed by atoms with Gasteiger partial charge in [0.1, 0.15) is 0 Å². The van der Waals surface area contributed by atoms with Crippen LogP contribution >= 0.6 is 0 Å². The minimum absolute atomic E-state index is 0.152. The minimum Gasteiger partial charge on any atom is -0.316 e. The van der Waals surface area contributed by atoms with Crippen molar-refractivity contribution in [2.24, 2.45) is 0 Å². The lowest BCUT2D eigenvalue weighted by Crippen LogP contribution is -2.43. The van der Waals surface area contributed by atoms with Crippen LogP contribution in [0.3, 0.4) is 0 Å². The molecule has 0 amide bonds. The molecule has 0 spiro atoms. The van der Waals surface area contributed by atoms with Crippen molar-refractivity contribution in [1.82, 2.24) is 5.32 Å². The highest BCUT2D eigenvalue weighted by atomic mass is 14.9. The topological polar surface area (TPSA) is 12.0 Å². The lowest BCUT2D eigenvalue weighted by atomic mass is 9.76. The van der Waals surface area contributed by atoms with Crippen LogP contribution in [0.5, 0.6) is 0 Å². The molecule has 0 radical (unpaired) electrons. The fraction of sp³-hybridized carbons (Fsp3) is 0.467. The molecule has 0 aliphatic carbocycles. The third-order valence-corrected chi connectivity index (χ3v) is 3.40. The monoisotopic (exact) mass is 217 g/mol. The Bertz CT molecular complexity index is 313. The van der Waals surface area contributed by atoms with Crippen LogP contribution in [-0.2, 0) is 5.41 Å². The van der Waals surface area contributed by atoms with Crippen LogP contribution in [-0.4, -0.2) is 13.1 Å². The standard InChI is InChI=1S/C15H23N/c1-5-6-12-14(16-4)15(2,3)13-10-8-7-9-11-13/h5,7-11,14,16H,1,6,12H2,2-4H3. The first kappa shape index (κ1) is 13.0. The summed E-state index contributed by atoms with van der Waals surface area (Å²) in [5, 5.41) is 3.43. The molecule has 1 rings (SSSR count). The molecule has 0 saturated carbocycles. The highest BCUT2D eigenvalue weighted by Crippen LogP contribution is 2.29. The van der Waals surface area contributed by atoms with Gasteiger partial charge in [-0.25, -0.2) is 0 Å². The van der Waals surface area contributed by atoms with Gasteiger partial charge in [-0.15, -0.1) is 6.58 Å². The molecule has 16 heavy (non-hydrogen) atoms. The zero-order chi connectivity index (χ0) is 12.0. The summed E-state index contributed by atoms with van der Waals surface area (Å²) in [7, 11) is 2.04. The third kappa shape index (κ3) is 2.96. The van der Waals surface area contributed by atoms with Crippen LogP contribution in [0.1, 0.15) is 32.3 Å². The first-order valence-corrected chi connectivity index (χ1v) is 5.96. The van der Waals surface area contributed by atoms with Gasteiger partial charge >= 0.3 is 0 Å². The van der Waals surface area contributed by atoms with Gasteiger partial charge in [0, 0.05) is 11.5 Å². The van der Waals surface area contributed by atoms with Crippen molar-refractivity contribution in [3.8, 4) is 0 Å². The molecule has 0 saturated heterocycles. The lowest BCUT2D eigenvalue weighted by molar-refractivity contribution is 0.342. The Morgan fingerprint density at radius 1 is 1.31 bits per heavy atom. The van der Waals surface area contributed by atoms with Crippen LogP contribution in [0.2, 0.25) is 0 Å². The summed E-state index contributed by atoms with van der Waals surface area (Å²) in [6, 6.07) is 11.2. The average Bonchev–Trinajstić information content (AvgIpc) is 2.31. The minimum atomic E-state index is 0.152. The zero-order valence-corrected chi connectivity index (χ0v) is 10.7. The van der Waals surface area contributed by atoms with Gasteiger partial charge in [0.15, 0.2) is 0 Å². The van der Waals surface area contributed by atoms with E-state index >= 15 is 0 Å². The maximum Gasteiger partial charge on any atom is 0.0159 e. The predicted molar refractivity (Wildman–Crippen MR) is 71.7 cm³/mol. The average molecular weight is 217 g/mol. The van der Waals surface area contributed by atoms with Crippen LogP contribution in [0, 0.1) is 0 Å². The van der Waals surface area contributed by atoms with Gasteiger partial charge < -0.3 is 5.32 Å². The Morgan fingerprint density at radius 2 is 1.94 bits per heavy atom. The van der Waals surface area contributed by atoms with Crippen LogP contribution in [0.25, 0.3) is 0 Å². The Hall–Kier alpha value is -1.08. The van der Waals surface area contributed by atoms with E-state index in [4.69, 9.17) is 0 Å².